The number of aliphatic carboxylic acids is 1. The maximum atomic E-state index is 11.5. The van der Waals surface area contributed by atoms with Crippen molar-refractivity contribution in [2.75, 3.05) is 13.1 Å². The first-order valence-electron chi connectivity index (χ1n) is 8.81. The first kappa shape index (κ1) is 17.8. The van der Waals surface area contributed by atoms with Gasteiger partial charge in [-0.15, -0.1) is 0 Å². The zero-order valence-electron chi connectivity index (χ0n) is 14.9. The Kier molecular flexibility index (Phi) is 4.51. The minimum Gasteiger partial charge on any atom is -0.481 e. The van der Waals surface area contributed by atoms with Crippen molar-refractivity contribution in [2.24, 2.45) is 17.3 Å². The minimum absolute atomic E-state index is 0.00535. The molecule has 1 saturated carbocycles. The number of nitrogens with zero attached hydrogens (tertiary/aromatic N) is 2. The van der Waals surface area contributed by atoms with Crippen molar-refractivity contribution in [3.05, 3.63) is 17.5 Å². The second-order valence-corrected chi connectivity index (χ2v) is 8.69. The number of likely N-dealkylation sites (tertiary alicyclic amines) is 1. The highest BCUT2D eigenvalue weighted by molar-refractivity contribution is 5.75. The van der Waals surface area contributed by atoms with Crippen molar-refractivity contribution in [1.82, 2.24) is 10.1 Å². The maximum absolute atomic E-state index is 11.5. The molecule has 1 aromatic heterocycles. The lowest BCUT2D eigenvalue weighted by Crippen LogP contribution is -2.28. The second kappa shape index (κ2) is 6.35. The Hall–Kier alpha value is -2.05. The lowest BCUT2D eigenvalue weighted by molar-refractivity contribution is -0.141. The van der Waals surface area contributed by atoms with E-state index >= 15 is 0 Å². The largest absolute Gasteiger partial charge is 0.481 e. The highest BCUT2D eigenvalue weighted by Crippen LogP contribution is 2.47. The van der Waals surface area contributed by atoms with Crippen molar-refractivity contribution in [3.63, 3.8) is 0 Å². The van der Waals surface area contributed by atoms with Crippen LogP contribution in [0.2, 0.25) is 0 Å². The van der Waals surface area contributed by atoms with E-state index < -0.39 is 23.9 Å². The summed E-state index contributed by atoms with van der Waals surface area (Å²) in [7, 11) is 0. The third-order valence-corrected chi connectivity index (χ3v) is 5.37. The fraction of sp³-hybridized carbons (Fsp3) is 0.722. The molecule has 25 heavy (non-hydrogen) atoms. The summed E-state index contributed by atoms with van der Waals surface area (Å²) < 4.78 is 5.47. The van der Waals surface area contributed by atoms with E-state index in [1.165, 1.54) is 6.42 Å². The molecule has 0 bridgehead atoms. The molecule has 0 aromatic carbocycles. The van der Waals surface area contributed by atoms with Crippen molar-refractivity contribution >= 4 is 12.1 Å². The van der Waals surface area contributed by atoms with E-state index in [2.05, 4.69) is 25.9 Å². The molecule has 1 amide bonds. The van der Waals surface area contributed by atoms with Gasteiger partial charge in [-0.1, -0.05) is 25.9 Å². The molecule has 1 aliphatic carbocycles. The predicted octanol–water partition coefficient (Wildman–Crippen LogP) is 3.38. The van der Waals surface area contributed by atoms with Gasteiger partial charge in [0, 0.05) is 31.0 Å². The Morgan fingerprint density at radius 3 is 2.52 bits per heavy atom. The van der Waals surface area contributed by atoms with Crippen LogP contribution in [0.4, 0.5) is 4.79 Å². The molecule has 2 atom stereocenters. The first-order chi connectivity index (χ1) is 11.6. The lowest BCUT2D eigenvalue weighted by Gasteiger charge is -2.37. The van der Waals surface area contributed by atoms with Gasteiger partial charge >= 0.3 is 12.1 Å². The van der Waals surface area contributed by atoms with Crippen LogP contribution in [0.1, 0.15) is 63.3 Å². The molecule has 2 heterocycles. The van der Waals surface area contributed by atoms with E-state index in [9.17, 15) is 14.7 Å². The third kappa shape index (κ3) is 3.80. The molecule has 7 heteroatoms. The molecule has 2 aliphatic rings. The lowest BCUT2D eigenvalue weighted by atomic mass is 9.67. The maximum Gasteiger partial charge on any atom is 0.407 e. The molecule has 2 N–H and O–H groups in total. The second-order valence-electron chi connectivity index (χ2n) is 8.69. The standard InChI is InChI=1S/C18H26N2O5/c1-18(2,3)7-10-4-11(5-10)15-6-14(19-25-15)12-8-20(17(23)24)9-13(12)16(21)22/h6,10-13H,4-5,7-9H2,1-3H3,(H,21,22)(H,23,24)/t10?,11?,12-,13-/m0/s1. The first-order valence-corrected chi connectivity index (χ1v) is 8.81. The molecule has 0 spiro atoms. The van der Waals surface area contributed by atoms with E-state index in [4.69, 9.17) is 9.63 Å². The summed E-state index contributed by atoms with van der Waals surface area (Å²) >= 11 is 0. The molecular weight excluding hydrogens is 324 g/mol. The van der Waals surface area contributed by atoms with Gasteiger partial charge in [-0.05, 0) is 30.6 Å². The topological polar surface area (TPSA) is 104 Å². The van der Waals surface area contributed by atoms with Crippen molar-refractivity contribution in [3.8, 4) is 0 Å². The summed E-state index contributed by atoms with van der Waals surface area (Å²) in [5, 5.41) is 22.6. The average Bonchev–Trinajstić information content (AvgIpc) is 3.07. The Morgan fingerprint density at radius 1 is 1.28 bits per heavy atom. The van der Waals surface area contributed by atoms with E-state index in [0.29, 0.717) is 22.9 Å². The number of carbonyl (C=O) groups is 2. The minimum atomic E-state index is -1.10. The number of rotatable bonds is 4. The summed E-state index contributed by atoms with van der Waals surface area (Å²) in [4.78, 5) is 23.8. The molecule has 2 fully saturated rings. The molecule has 7 nitrogen and oxygen atoms in total. The number of amides is 1. The molecule has 3 rings (SSSR count). The number of aromatic nitrogens is 1. The Balaban J connectivity index is 1.65. The number of carboxylic acids is 1. The quantitative estimate of drug-likeness (QED) is 0.862. The molecule has 1 aliphatic heterocycles. The van der Waals surface area contributed by atoms with Crippen LogP contribution in [0.25, 0.3) is 0 Å². The zero-order chi connectivity index (χ0) is 18.4. The summed E-state index contributed by atoms with van der Waals surface area (Å²) in [5.74, 6) is -0.376. The molecule has 0 radical (unpaired) electrons. The van der Waals surface area contributed by atoms with Crippen molar-refractivity contribution < 1.29 is 24.3 Å². The van der Waals surface area contributed by atoms with E-state index in [1.54, 1.807) is 0 Å². The van der Waals surface area contributed by atoms with Gasteiger partial charge in [-0.25, -0.2) is 4.79 Å². The SMILES string of the molecule is CC(C)(C)CC1CC(c2cc([C@H]3CN(C(=O)O)C[C@@H]3C(=O)O)no2)C1. The van der Waals surface area contributed by atoms with Crippen LogP contribution in [-0.4, -0.2) is 45.4 Å². The Labute approximate surface area is 147 Å². The number of hydrogen-bond donors (Lipinski definition) is 2. The molecule has 0 unspecified atom stereocenters. The van der Waals surface area contributed by atoms with Gasteiger partial charge < -0.3 is 19.6 Å². The average molecular weight is 350 g/mol. The molecular formula is C18H26N2O5. The molecule has 1 saturated heterocycles. The molecule has 1 aromatic rings. The van der Waals surface area contributed by atoms with Crippen LogP contribution in [0.5, 0.6) is 0 Å². The number of hydrogen-bond acceptors (Lipinski definition) is 4. The van der Waals surface area contributed by atoms with Crippen LogP contribution in [0, 0.1) is 17.3 Å². The smallest absolute Gasteiger partial charge is 0.407 e. The Morgan fingerprint density at radius 2 is 1.96 bits per heavy atom. The van der Waals surface area contributed by atoms with Gasteiger partial charge in [0.1, 0.15) is 5.76 Å². The highest BCUT2D eigenvalue weighted by atomic mass is 16.5. The number of carboxylic acid groups (broad SMARTS) is 2. The summed E-state index contributed by atoms with van der Waals surface area (Å²) in [5.41, 5.74) is 0.881. The monoisotopic (exact) mass is 350 g/mol. The van der Waals surface area contributed by atoms with Crippen LogP contribution < -0.4 is 0 Å². The fourth-order valence-corrected chi connectivity index (χ4v) is 4.18. The van der Waals surface area contributed by atoms with Crippen LogP contribution >= 0.6 is 0 Å². The van der Waals surface area contributed by atoms with Gasteiger partial charge in [0.2, 0.25) is 0 Å². The third-order valence-electron chi connectivity index (χ3n) is 5.37. The van der Waals surface area contributed by atoms with Crippen molar-refractivity contribution in [1.29, 1.82) is 0 Å². The predicted molar refractivity (Wildman–Crippen MR) is 89.5 cm³/mol. The van der Waals surface area contributed by atoms with E-state index in [1.807, 2.05) is 6.07 Å². The van der Waals surface area contributed by atoms with Gasteiger partial charge in [-0.3, -0.25) is 4.79 Å². The van der Waals surface area contributed by atoms with Gasteiger partial charge in [0.25, 0.3) is 0 Å². The summed E-state index contributed by atoms with van der Waals surface area (Å²) in [6.07, 6.45) is 2.23. The van der Waals surface area contributed by atoms with Crippen LogP contribution in [0.15, 0.2) is 10.6 Å². The zero-order valence-corrected chi connectivity index (χ0v) is 14.9. The van der Waals surface area contributed by atoms with Crippen LogP contribution in [0.3, 0.4) is 0 Å². The van der Waals surface area contributed by atoms with Gasteiger partial charge in [0.15, 0.2) is 0 Å². The fourth-order valence-electron chi connectivity index (χ4n) is 4.18. The van der Waals surface area contributed by atoms with Crippen molar-refractivity contribution in [2.45, 2.75) is 51.9 Å². The van der Waals surface area contributed by atoms with Gasteiger partial charge in [-0.2, -0.15) is 0 Å². The molecule has 138 valence electrons. The van der Waals surface area contributed by atoms with E-state index in [-0.39, 0.29) is 13.1 Å². The Bertz CT molecular complexity index is 657. The normalized spacial score (nSPS) is 29.5. The van der Waals surface area contributed by atoms with E-state index in [0.717, 1.165) is 23.5 Å². The van der Waals surface area contributed by atoms with Crippen LogP contribution in [-0.2, 0) is 4.79 Å². The summed E-state index contributed by atoms with van der Waals surface area (Å²) in [6.45, 7) is 6.87. The van der Waals surface area contributed by atoms with Gasteiger partial charge in [0.05, 0.1) is 11.6 Å². The summed E-state index contributed by atoms with van der Waals surface area (Å²) in [6, 6.07) is 1.84. The highest BCUT2D eigenvalue weighted by Gasteiger charge is 2.43.